The van der Waals surface area contributed by atoms with E-state index in [1.54, 1.807) is 14.1 Å². The number of hydrogen-bond donors (Lipinski definition) is 2. The fourth-order valence-electron chi connectivity index (χ4n) is 8.05. The van der Waals surface area contributed by atoms with Gasteiger partial charge >= 0.3 is 6.01 Å². The number of aromatic nitrogens is 2. The number of carbonyl (C=O) groups excluding carboxylic acids is 1. The van der Waals surface area contributed by atoms with Crippen LogP contribution in [0.15, 0.2) is 41.1 Å². The van der Waals surface area contributed by atoms with Crippen LogP contribution in [0.4, 0.5) is 5.82 Å². The predicted molar refractivity (Wildman–Crippen MR) is 178 cm³/mol. The summed E-state index contributed by atoms with van der Waals surface area (Å²) in [5.41, 5.74) is 5.40. The van der Waals surface area contributed by atoms with E-state index < -0.39 is 11.5 Å². The molecule has 1 aromatic heterocycles. The molecule has 3 fully saturated rings. The molecule has 10 nitrogen and oxygen atoms in total. The van der Waals surface area contributed by atoms with Crippen LogP contribution in [0.3, 0.4) is 0 Å². The zero-order valence-electron chi connectivity index (χ0n) is 26.6. The molecule has 0 saturated carbocycles. The highest BCUT2D eigenvalue weighted by atomic mass is 35.5. The van der Waals surface area contributed by atoms with Gasteiger partial charge in [-0.3, -0.25) is 15.1 Å². The molecule has 12 heteroatoms. The van der Waals surface area contributed by atoms with Crippen LogP contribution in [0.2, 0.25) is 5.02 Å². The molecule has 1 spiro atoms. The zero-order chi connectivity index (χ0) is 32.2. The summed E-state index contributed by atoms with van der Waals surface area (Å²) in [4.78, 5) is 28.8. The molecule has 3 saturated heterocycles. The molecule has 4 aliphatic heterocycles. The summed E-state index contributed by atoms with van der Waals surface area (Å²) in [6, 6.07) is 6.45. The number of halogens is 2. The number of quaternary nitrogens is 1. The largest absolute Gasteiger partial charge is 0.461 e. The molecule has 3 N–H and O–H groups in total. The molecule has 0 bridgehead atoms. The number of benzene rings is 1. The maximum Gasteiger partial charge on any atom is 0.318 e. The average Bonchev–Trinajstić information content (AvgIpc) is 3.61. The Morgan fingerprint density at radius 2 is 2.02 bits per heavy atom. The fourth-order valence-corrected chi connectivity index (χ4v) is 8.54. The third-order valence-electron chi connectivity index (χ3n) is 10.4. The molecule has 244 valence electrons. The second kappa shape index (κ2) is 12.2. The number of anilines is 1. The summed E-state index contributed by atoms with van der Waals surface area (Å²) < 4.78 is 13.3. The van der Waals surface area contributed by atoms with Crippen LogP contribution in [0.5, 0.6) is 6.01 Å². The third-order valence-corrected chi connectivity index (χ3v) is 11.2. The maximum atomic E-state index is 12.6. The molecule has 1 unspecified atom stereocenters. The van der Waals surface area contributed by atoms with Crippen molar-refractivity contribution in [3.05, 3.63) is 68.5 Å². The highest BCUT2D eigenvalue weighted by Crippen LogP contribution is 2.49. The minimum atomic E-state index is -0.497. The standard InChI is InChI=1S/C34H41Cl2N7O3/c1-21-15-33(10-5-14-43(33)17-21)20-45-32-39-26-16-34(11-9-22-24(34)7-4-8-25(22)35)46-19-23(26)30(40-32)42-13-6-12-38-27(18-42)28(36)29(37)31(44)41(2)3/h4,7-8,37-38H,1,5-6,9-20H2,2-3H3/p+1/b28-27+,37-29?/t33?,34-/m0/s1. The average molecular weight is 668 g/mol. The van der Waals surface area contributed by atoms with Crippen LogP contribution in [0.1, 0.15) is 54.5 Å². The van der Waals surface area contributed by atoms with Crippen molar-refractivity contribution in [2.24, 2.45) is 0 Å². The van der Waals surface area contributed by atoms with Crippen molar-refractivity contribution in [2.45, 2.75) is 62.7 Å². The third kappa shape index (κ3) is 5.52. The summed E-state index contributed by atoms with van der Waals surface area (Å²) >= 11 is 13.3. The summed E-state index contributed by atoms with van der Waals surface area (Å²) in [6.45, 7) is 9.05. The van der Waals surface area contributed by atoms with E-state index in [0.717, 1.165) is 104 Å². The Bertz CT molecular complexity index is 1640. The SMILES string of the molecule is C=C1CN2CCCC2(COc2nc3c(c(N4CCC[NH2+]/C(=C(/Cl)C(=N)C(=O)N(C)C)C4)n2)CO[C@@]2(CCc4c(Cl)cccc42)C3)C1. The van der Waals surface area contributed by atoms with E-state index in [-0.39, 0.29) is 16.3 Å². The van der Waals surface area contributed by atoms with Crippen molar-refractivity contribution in [3.8, 4) is 6.01 Å². The summed E-state index contributed by atoms with van der Waals surface area (Å²) in [5, 5.41) is 11.5. The van der Waals surface area contributed by atoms with Crippen LogP contribution < -0.4 is 15.0 Å². The zero-order valence-corrected chi connectivity index (χ0v) is 28.1. The van der Waals surface area contributed by atoms with Gasteiger partial charge in [0.25, 0.3) is 5.91 Å². The molecular weight excluding hydrogens is 625 g/mol. The number of ether oxygens (including phenoxy) is 2. The van der Waals surface area contributed by atoms with E-state index in [0.29, 0.717) is 32.2 Å². The molecule has 5 aliphatic rings. The van der Waals surface area contributed by atoms with Crippen LogP contribution in [0, 0.1) is 5.41 Å². The predicted octanol–water partition coefficient (Wildman–Crippen LogP) is 3.55. The number of nitrogens with zero attached hydrogens (tertiary/aromatic N) is 5. The van der Waals surface area contributed by atoms with Gasteiger partial charge in [0, 0.05) is 50.6 Å². The lowest BCUT2D eigenvalue weighted by molar-refractivity contribution is -0.605. The van der Waals surface area contributed by atoms with Crippen molar-refractivity contribution in [1.82, 2.24) is 19.8 Å². The van der Waals surface area contributed by atoms with Gasteiger partial charge in [0.2, 0.25) is 0 Å². The molecule has 0 radical (unpaired) electrons. The molecule has 46 heavy (non-hydrogen) atoms. The van der Waals surface area contributed by atoms with Crippen LogP contribution in [-0.2, 0) is 34.6 Å². The van der Waals surface area contributed by atoms with Crippen molar-refractivity contribution < 1.29 is 19.6 Å². The number of fused-ring (bicyclic) bond motifs is 4. The van der Waals surface area contributed by atoms with E-state index >= 15 is 0 Å². The second-order valence-corrected chi connectivity index (χ2v) is 14.4. The highest BCUT2D eigenvalue weighted by Gasteiger charge is 2.48. The first-order valence-corrected chi connectivity index (χ1v) is 17.0. The number of rotatable bonds is 6. The van der Waals surface area contributed by atoms with E-state index in [2.05, 4.69) is 22.4 Å². The second-order valence-electron chi connectivity index (χ2n) is 13.6. The topological polar surface area (TPSA) is 111 Å². The van der Waals surface area contributed by atoms with Crippen LogP contribution in [0.25, 0.3) is 0 Å². The van der Waals surface area contributed by atoms with E-state index in [1.165, 1.54) is 10.5 Å². The maximum absolute atomic E-state index is 12.6. The summed E-state index contributed by atoms with van der Waals surface area (Å²) in [5.74, 6) is 0.334. The quantitative estimate of drug-likeness (QED) is 0.358. The first-order chi connectivity index (χ1) is 22.1. The van der Waals surface area contributed by atoms with Crippen molar-refractivity contribution in [2.75, 3.05) is 58.3 Å². The van der Waals surface area contributed by atoms with Gasteiger partial charge in [-0.15, -0.1) is 0 Å². The fraction of sp³-hybridized carbons (Fsp3) is 0.529. The van der Waals surface area contributed by atoms with Gasteiger partial charge in [-0.25, -0.2) is 0 Å². The van der Waals surface area contributed by atoms with Gasteiger partial charge in [-0.05, 0) is 55.8 Å². The highest BCUT2D eigenvalue weighted by molar-refractivity contribution is 6.58. The molecular formula is C34H42Cl2N7O3+. The Morgan fingerprint density at radius 1 is 1.17 bits per heavy atom. The van der Waals surface area contributed by atoms with Gasteiger partial charge in [0.05, 0.1) is 36.5 Å². The first kappa shape index (κ1) is 31.6. The molecule has 7 rings (SSSR count). The summed E-state index contributed by atoms with van der Waals surface area (Å²) in [6.07, 6.45) is 6.33. The van der Waals surface area contributed by atoms with E-state index in [1.807, 2.05) is 17.4 Å². The number of hydrogen-bond acceptors (Lipinski definition) is 8. The minimum absolute atomic E-state index is 0.0533. The smallest absolute Gasteiger partial charge is 0.318 e. The Morgan fingerprint density at radius 3 is 2.85 bits per heavy atom. The van der Waals surface area contributed by atoms with Gasteiger partial charge in [0.15, 0.2) is 0 Å². The lowest BCUT2D eigenvalue weighted by Gasteiger charge is -2.37. The molecule has 2 aromatic rings. The van der Waals surface area contributed by atoms with E-state index in [9.17, 15) is 4.79 Å². The first-order valence-electron chi connectivity index (χ1n) is 16.2. The Hall–Kier alpha value is -3.02. The number of nitrogens with one attached hydrogen (secondary N) is 1. The van der Waals surface area contributed by atoms with Gasteiger partial charge in [-0.1, -0.05) is 47.5 Å². The lowest BCUT2D eigenvalue weighted by Crippen LogP contribution is -2.83. The van der Waals surface area contributed by atoms with Crippen molar-refractivity contribution >= 4 is 40.6 Å². The van der Waals surface area contributed by atoms with E-state index in [4.69, 9.17) is 48.1 Å². The van der Waals surface area contributed by atoms with Crippen LogP contribution in [-0.4, -0.2) is 90.4 Å². The normalized spacial score (nSPS) is 26.9. The molecule has 1 amide bonds. The van der Waals surface area contributed by atoms with Crippen molar-refractivity contribution in [1.29, 1.82) is 5.41 Å². The minimum Gasteiger partial charge on any atom is -0.461 e. The van der Waals surface area contributed by atoms with Crippen LogP contribution >= 0.6 is 23.2 Å². The Kier molecular flexibility index (Phi) is 8.38. The molecule has 1 aromatic carbocycles. The van der Waals surface area contributed by atoms with Gasteiger partial charge < -0.3 is 24.6 Å². The van der Waals surface area contributed by atoms with Gasteiger partial charge in [0.1, 0.15) is 28.9 Å². The van der Waals surface area contributed by atoms with Crippen molar-refractivity contribution in [3.63, 3.8) is 0 Å². The number of amides is 1. The molecule has 5 heterocycles. The Balaban J connectivity index is 1.25. The Labute approximate surface area is 280 Å². The summed E-state index contributed by atoms with van der Waals surface area (Å²) in [7, 11) is 3.25. The monoisotopic (exact) mass is 666 g/mol. The van der Waals surface area contributed by atoms with Gasteiger partial charge in [-0.2, -0.15) is 9.97 Å². The number of carbonyl (C=O) groups is 1. The number of nitrogens with two attached hydrogens (primary N) is 1. The molecule has 2 atom stereocenters. The lowest BCUT2D eigenvalue weighted by atomic mass is 9.87. The molecule has 1 aliphatic carbocycles.